The summed E-state index contributed by atoms with van der Waals surface area (Å²) in [5, 5.41) is 0.719. The van der Waals surface area contributed by atoms with Gasteiger partial charge in [0, 0.05) is 18.5 Å². The van der Waals surface area contributed by atoms with Crippen molar-refractivity contribution in [1.82, 2.24) is 14.9 Å². The molecule has 0 saturated carbocycles. The number of nitrogen functional groups attached to an aromatic ring is 1. The van der Waals surface area contributed by atoms with Crippen molar-refractivity contribution in [2.75, 3.05) is 29.0 Å². The summed E-state index contributed by atoms with van der Waals surface area (Å²) < 4.78 is 8.70. The Kier molecular flexibility index (Phi) is 6.72. The van der Waals surface area contributed by atoms with Crippen molar-refractivity contribution in [3.8, 4) is 17.0 Å². The molecule has 2 heterocycles. The molecule has 0 spiro atoms. The molecular weight excluding hydrogens is 527 g/mol. The summed E-state index contributed by atoms with van der Waals surface area (Å²) in [6, 6.07) is 3.24. The van der Waals surface area contributed by atoms with Crippen molar-refractivity contribution in [3.05, 3.63) is 27.5 Å². The number of carbonyl (C=O) groups excluding carboxylic acids is 1. The number of amides is 1. The number of nitrogens with two attached hydrogens (primary N) is 1. The van der Waals surface area contributed by atoms with Crippen LogP contribution in [0.2, 0.25) is 15.3 Å². The number of nitrogens with one attached hydrogen (secondary N) is 1. The van der Waals surface area contributed by atoms with Crippen LogP contribution in [0.15, 0.2) is 12.1 Å². The Balaban J connectivity index is 1.87. The van der Waals surface area contributed by atoms with E-state index in [1.165, 1.54) is 0 Å². The first-order chi connectivity index (χ1) is 12.9. The van der Waals surface area contributed by atoms with Crippen molar-refractivity contribution >= 4 is 75.1 Å². The Morgan fingerprint density at radius 3 is 2.70 bits per heavy atom. The van der Waals surface area contributed by atoms with Crippen LogP contribution < -0.4 is 14.0 Å². The molecule has 0 radical (unpaired) electrons. The van der Waals surface area contributed by atoms with Crippen LogP contribution in [-0.4, -0.2) is 40.5 Å². The summed E-state index contributed by atoms with van der Waals surface area (Å²) >= 11 is 20.5. The second-order valence-corrected chi connectivity index (χ2v) is 7.48. The topological polar surface area (TPSA) is 93.4 Å². The van der Waals surface area contributed by atoms with E-state index in [0.29, 0.717) is 52.3 Å². The lowest BCUT2D eigenvalue weighted by Gasteiger charge is -2.17. The molecule has 0 aliphatic carbocycles. The van der Waals surface area contributed by atoms with Crippen LogP contribution in [0.5, 0.6) is 5.75 Å². The summed E-state index contributed by atoms with van der Waals surface area (Å²) in [6.45, 7) is 1.57. The molecule has 3 N–H and O–H groups in total. The van der Waals surface area contributed by atoms with E-state index in [0.717, 1.165) is 13.0 Å². The minimum Gasteiger partial charge on any atom is -0.490 e. The third-order valence-electron chi connectivity index (χ3n) is 4.07. The van der Waals surface area contributed by atoms with E-state index in [9.17, 15) is 4.79 Å². The number of likely N-dealkylation sites (tertiary alicyclic amines) is 1. The molecule has 1 aromatic carbocycles. The van der Waals surface area contributed by atoms with Gasteiger partial charge in [0.1, 0.15) is 23.7 Å². The Bertz CT molecular complexity index is 884. The highest BCUT2D eigenvalue weighted by Crippen LogP contribution is 2.40. The first kappa shape index (κ1) is 20.5. The van der Waals surface area contributed by atoms with Gasteiger partial charge in [0.2, 0.25) is 11.2 Å². The molecule has 1 aromatic heterocycles. The average molecular weight is 543 g/mol. The van der Waals surface area contributed by atoms with Gasteiger partial charge in [0.15, 0.2) is 5.82 Å². The number of aromatic nitrogens is 2. The number of hydrogen-bond donors (Lipinski definition) is 2. The summed E-state index contributed by atoms with van der Waals surface area (Å²) in [5.41, 5.74) is 7.37. The normalized spacial score (nSPS) is 13.9. The first-order valence-electron chi connectivity index (χ1n) is 8.00. The first-order valence-corrected chi connectivity index (χ1v) is 10.2. The van der Waals surface area contributed by atoms with E-state index in [1.807, 2.05) is 22.9 Å². The zero-order valence-corrected chi connectivity index (χ0v) is 18.4. The summed E-state index contributed by atoms with van der Waals surface area (Å²) in [7, 11) is 0. The van der Waals surface area contributed by atoms with Crippen molar-refractivity contribution in [2.24, 2.45) is 0 Å². The third-order valence-corrected chi connectivity index (χ3v) is 5.39. The monoisotopic (exact) mass is 541 g/mol. The molecule has 1 fully saturated rings. The third kappa shape index (κ3) is 4.61. The largest absolute Gasteiger partial charge is 0.490 e. The van der Waals surface area contributed by atoms with Crippen LogP contribution in [0.4, 0.5) is 11.5 Å². The predicted octanol–water partition coefficient (Wildman–Crippen LogP) is 4.45. The van der Waals surface area contributed by atoms with Gasteiger partial charge in [-0.3, -0.25) is 4.79 Å². The Labute approximate surface area is 185 Å². The summed E-state index contributed by atoms with van der Waals surface area (Å²) in [5.74, 6) is 0.765. The molecule has 2 aromatic rings. The smallest absolute Gasteiger partial charge is 0.225 e. The van der Waals surface area contributed by atoms with Gasteiger partial charge >= 0.3 is 0 Å². The maximum Gasteiger partial charge on any atom is 0.225 e. The molecule has 1 saturated heterocycles. The number of benzene rings is 1. The van der Waals surface area contributed by atoms with E-state index < -0.39 is 0 Å². The van der Waals surface area contributed by atoms with Crippen molar-refractivity contribution in [2.45, 2.75) is 12.8 Å². The standard InChI is InChI=1S/C16H15Cl3IN5O2/c17-9-7-10(18)11(27-5-4-25-3-1-2-12(25)26)6-8(9)13-14(24-20)15(21)23-16(19)22-13/h6-7,24H,1-5H2,(H2,21,22,23). The minimum atomic E-state index is -0.000990. The van der Waals surface area contributed by atoms with E-state index in [4.69, 9.17) is 45.3 Å². The molecule has 0 unspecified atom stereocenters. The zero-order chi connectivity index (χ0) is 19.6. The molecule has 0 bridgehead atoms. The van der Waals surface area contributed by atoms with Gasteiger partial charge in [0.05, 0.1) is 39.5 Å². The fourth-order valence-corrected chi connectivity index (χ4v) is 4.00. The zero-order valence-electron chi connectivity index (χ0n) is 13.9. The van der Waals surface area contributed by atoms with Gasteiger partial charge in [-0.25, -0.2) is 4.98 Å². The molecule has 1 aliphatic rings. The highest BCUT2D eigenvalue weighted by molar-refractivity contribution is 14.1. The van der Waals surface area contributed by atoms with Crippen molar-refractivity contribution < 1.29 is 9.53 Å². The summed E-state index contributed by atoms with van der Waals surface area (Å²) in [4.78, 5) is 21.6. The van der Waals surface area contributed by atoms with Crippen LogP contribution in [0.25, 0.3) is 11.3 Å². The van der Waals surface area contributed by atoms with E-state index in [1.54, 1.807) is 17.0 Å². The van der Waals surface area contributed by atoms with Gasteiger partial charge < -0.3 is 18.9 Å². The highest BCUT2D eigenvalue weighted by atomic mass is 127. The molecule has 3 rings (SSSR count). The molecule has 1 aliphatic heterocycles. The second-order valence-electron chi connectivity index (χ2n) is 5.79. The number of ether oxygens (including phenoxy) is 1. The molecule has 11 heteroatoms. The Hall–Kier alpha value is -1.23. The number of halogens is 4. The van der Waals surface area contributed by atoms with Crippen LogP contribution in [0, 0.1) is 0 Å². The second kappa shape index (κ2) is 8.85. The van der Waals surface area contributed by atoms with Gasteiger partial charge in [-0.2, -0.15) is 4.98 Å². The van der Waals surface area contributed by atoms with E-state index >= 15 is 0 Å². The van der Waals surface area contributed by atoms with E-state index in [-0.39, 0.29) is 17.0 Å². The van der Waals surface area contributed by atoms with Gasteiger partial charge in [-0.1, -0.05) is 23.2 Å². The average Bonchev–Trinajstić information content (AvgIpc) is 3.01. The van der Waals surface area contributed by atoms with Crippen LogP contribution >= 0.6 is 57.7 Å². The molecule has 144 valence electrons. The van der Waals surface area contributed by atoms with Crippen LogP contribution in [-0.2, 0) is 4.79 Å². The fraction of sp³-hybridized carbons (Fsp3) is 0.312. The number of rotatable bonds is 6. The molecule has 27 heavy (non-hydrogen) atoms. The Morgan fingerprint density at radius 2 is 2.04 bits per heavy atom. The summed E-state index contributed by atoms with van der Waals surface area (Å²) in [6.07, 6.45) is 1.47. The van der Waals surface area contributed by atoms with Gasteiger partial charge in [0.25, 0.3) is 0 Å². The lowest BCUT2D eigenvalue weighted by molar-refractivity contribution is -0.128. The lowest BCUT2D eigenvalue weighted by atomic mass is 10.1. The van der Waals surface area contributed by atoms with Gasteiger partial charge in [-0.15, -0.1) is 0 Å². The number of carbonyl (C=O) groups is 1. The molecule has 0 atom stereocenters. The molecule has 7 nitrogen and oxygen atoms in total. The Morgan fingerprint density at radius 1 is 1.26 bits per heavy atom. The lowest BCUT2D eigenvalue weighted by Crippen LogP contribution is -2.29. The number of nitrogens with zero attached hydrogens (tertiary/aromatic N) is 3. The number of hydrogen-bond acceptors (Lipinski definition) is 6. The molecule has 1 amide bonds. The van der Waals surface area contributed by atoms with Crippen LogP contribution in [0.3, 0.4) is 0 Å². The van der Waals surface area contributed by atoms with Crippen molar-refractivity contribution in [1.29, 1.82) is 0 Å². The SMILES string of the molecule is Nc1nc(Cl)nc(-c2cc(OCCN3CCCC3=O)c(Cl)cc2Cl)c1NI. The maximum absolute atomic E-state index is 11.7. The predicted molar refractivity (Wildman–Crippen MR) is 116 cm³/mol. The quantitative estimate of drug-likeness (QED) is 0.318. The fourth-order valence-electron chi connectivity index (χ4n) is 2.77. The van der Waals surface area contributed by atoms with Gasteiger partial charge in [-0.05, 0) is 30.2 Å². The molecular formula is C16H15Cl3IN5O2. The minimum absolute atomic E-state index is 0.000990. The maximum atomic E-state index is 11.7. The van der Waals surface area contributed by atoms with Crippen LogP contribution in [0.1, 0.15) is 12.8 Å². The number of anilines is 2. The van der Waals surface area contributed by atoms with Crippen molar-refractivity contribution in [3.63, 3.8) is 0 Å². The van der Waals surface area contributed by atoms with E-state index in [2.05, 4.69) is 13.5 Å². The highest BCUT2D eigenvalue weighted by Gasteiger charge is 2.21.